The van der Waals surface area contributed by atoms with Crippen LogP contribution < -0.4 is 0 Å². The summed E-state index contributed by atoms with van der Waals surface area (Å²) in [7, 11) is 0. The highest BCUT2D eigenvalue weighted by Crippen LogP contribution is 2.21. The molecule has 2 aromatic rings. The van der Waals surface area contributed by atoms with Crippen molar-refractivity contribution in [1.29, 1.82) is 0 Å². The summed E-state index contributed by atoms with van der Waals surface area (Å²) in [5.41, 5.74) is 0.682. The molecule has 2 rings (SSSR count). The Labute approximate surface area is 147 Å². The lowest BCUT2D eigenvalue weighted by molar-refractivity contribution is -0.175. The van der Waals surface area contributed by atoms with Crippen molar-refractivity contribution in [1.82, 2.24) is 9.55 Å². The average Bonchev–Trinajstić information content (AvgIpc) is 3.03. The zero-order valence-corrected chi connectivity index (χ0v) is 15.2. The SMILES string of the molecule is CC(OC(=O)c1cncn1[C@H](C)c1ccccc1)OC(=O)C(C)(C)C. The maximum Gasteiger partial charge on any atom is 0.359 e. The summed E-state index contributed by atoms with van der Waals surface area (Å²) >= 11 is 0. The Morgan fingerprint density at radius 1 is 1.08 bits per heavy atom. The third-order valence-electron chi connectivity index (χ3n) is 3.73. The molecule has 0 saturated carbocycles. The third-order valence-corrected chi connectivity index (χ3v) is 3.73. The van der Waals surface area contributed by atoms with Crippen LogP contribution in [-0.2, 0) is 14.3 Å². The van der Waals surface area contributed by atoms with Crippen LogP contribution in [0.1, 0.15) is 56.7 Å². The van der Waals surface area contributed by atoms with Crippen LogP contribution >= 0.6 is 0 Å². The van der Waals surface area contributed by atoms with E-state index < -0.39 is 23.6 Å². The minimum atomic E-state index is -0.977. The Hall–Kier alpha value is -2.63. The van der Waals surface area contributed by atoms with Crippen LogP contribution in [0.2, 0.25) is 0 Å². The van der Waals surface area contributed by atoms with Gasteiger partial charge in [0.25, 0.3) is 0 Å². The van der Waals surface area contributed by atoms with Gasteiger partial charge in [-0.05, 0) is 33.3 Å². The highest BCUT2D eigenvalue weighted by molar-refractivity contribution is 5.87. The largest absolute Gasteiger partial charge is 0.425 e. The van der Waals surface area contributed by atoms with Crippen molar-refractivity contribution in [3.63, 3.8) is 0 Å². The number of aromatic nitrogens is 2. The normalized spacial score (nSPS) is 13.8. The molecule has 6 heteroatoms. The van der Waals surface area contributed by atoms with Crippen molar-refractivity contribution in [2.24, 2.45) is 5.41 Å². The molecule has 1 aromatic heterocycles. The molecule has 0 fully saturated rings. The van der Waals surface area contributed by atoms with E-state index in [0.717, 1.165) is 5.56 Å². The first-order valence-corrected chi connectivity index (χ1v) is 8.19. The van der Waals surface area contributed by atoms with Crippen LogP contribution in [0, 0.1) is 5.41 Å². The van der Waals surface area contributed by atoms with Crippen LogP contribution in [0.3, 0.4) is 0 Å². The molecule has 1 unspecified atom stereocenters. The van der Waals surface area contributed by atoms with E-state index in [1.165, 1.54) is 13.1 Å². The van der Waals surface area contributed by atoms with Gasteiger partial charge in [0.2, 0.25) is 6.29 Å². The number of carbonyl (C=O) groups excluding carboxylic acids is 2. The van der Waals surface area contributed by atoms with E-state index in [9.17, 15) is 9.59 Å². The van der Waals surface area contributed by atoms with Gasteiger partial charge in [0.05, 0.1) is 24.0 Å². The van der Waals surface area contributed by atoms with E-state index in [1.807, 2.05) is 37.3 Å². The predicted octanol–water partition coefficient (Wildman–Crippen LogP) is 3.58. The van der Waals surface area contributed by atoms with Gasteiger partial charge in [0.1, 0.15) is 5.69 Å². The molecule has 1 heterocycles. The number of benzene rings is 1. The number of ether oxygens (including phenoxy) is 2. The molecule has 0 aliphatic carbocycles. The van der Waals surface area contributed by atoms with Gasteiger partial charge in [0.15, 0.2) is 0 Å². The zero-order valence-electron chi connectivity index (χ0n) is 15.2. The lowest BCUT2D eigenvalue weighted by atomic mass is 9.97. The lowest BCUT2D eigenvalue weighted by Crippen LogP contribution is -2.30. The minimum absolute atomic E-state index is 0.0846. The number of imidazole rings is 1. The van der Waals surface area contributed by atoms with E-state index in [-0.39, 0.29) is 6.04 Å². The fourth-order valence-corrected chi connectivity index (χ4v) is 2.23. The lowest BCUT2D eigenvalue weighted by Gasteiger charge is -2.21. The highest BCUT2D eigenvalue weighted by atomic mass is 16.7. The summed E-state index contributed by atoms with van der Waals surface area (Å²) in [6, 6.07) is 9.69. The van der Waals surface area contributed by atoms with E-state index in [2.05, 4.69) is 4.98 Å². The van der Waals surface area contributed by atoms with Crippen molar-refractivity contribution in [3.05, 3.63) is 54.1 Å². The van der Waals surface area contributed by atoms with Crippen LogP contribution in [0.15, 0.2) is 42.9 Å². The topological polar surface area (TPSA) is 70.4 Å². The summed E-state index contributed by atoms with van der Waals surface area (Å²) in [5.74, 6) is -1.02. The molecule has 0 amide bonds. The summed E-state index contributed by atoms with van der Waals surface area (Å²) in [6.45, 7) is 8.70. The molecule has 134 valence electrons. The molecule has 0 N–H and O–H groups in total. The fraction of sp³-hybridized carbons (Fsp3) is 0.421. The molecule has 6 nitrogen and oxygen atoms in total. The molecule has 25 heavy (non-hydrogen) atoms. The Morgan fingerprint density at radius 2 is 1.72 bits per heavy atom. The first kappa shape index (κ1) is 18.7. The van der Waals surface area contributed by atoms with E-state index in [0.29, 0.717) is 5.69 Å². The molecular weight excluding hydrogens is 320 g/mol. The third kappa shape index (κ3) is 4.68. The number of hydrogen-bond donors (Lipinski definition) is 0. The Kier molecular flexibility index (Phi) is 5.62. The monoisotopic (exact) mass is 344 g/mol. The highest BCUT2D eigenvalue weighted by Gasteiger charge is 2.27. The smallest absolute Gasteiger partial charge is 0.359 e. The molecule has 2 atom stereocenters. The standard InChI is InChI=1S/C19H24N2O4/c1-13(15-9-7-6-8-10-15)21-12-20-11-16(21)17(22)24-14(2)25-18(23)19(3,4)5/h6-14H,1-5H3/t13-,14?/m1/s1. The number of carbonyl (C=O) groups is 2. The summed E-state index contributed by atoms with van der Waals surface area (Å²) in [5, 5.41) is 0. The Morgan fingerprint density at radius 3 is 2.32 bits per heavy atom. The molecule has 0 radical (unpaired) electrons. The Bertz CT molecular complexity index is 731. The average molecular weight is 344 g/mol. The second-order valence-electron chi connectivity index (χ2n) is 6.90. The van der Waals surface area contributed by atoms with Crippen LogP contribution in [0.4, 0.5) is 0 Å². The van der Waals surface area contributed by atoms with Gasteiger partial charge in [-0.25, -0.2) is 9.78 Å². The van der Waals surface area contributed by atoms with E-state index >= 15 is 0 Å². The van der Waals surface area contributed by atoms with E-state index in [1.54, 1.807) is 31.7 Å². The summed E-state index contributed by atoms with van der Waals surface area (Å²) in [6.07, 6.45) is 2.05. The van der Waals surface area contributed by atoms with Gasteiger partial charge in [-0.15, -0.1) is 0 Å². The van der Waals surface area contributed by atoms with Gasteiger partial charge in [-0.1, -0.05) is 30.3 Å². The van der Waals surface area contributed by atoms with Crippen molar-refractivity contribution >= 4 is 11.9 Å². The second kappa shape index (κ2) is 7.51. The van der Waals surface area contributed by atoms with Crippen molar-refractivity contribution in [2.45, 2.75) is 47.0 Å². The maximum absolute atomic E-state index is 12.4. The molecule has 0 aliphatic heterocycles. The first-order chi connectivity index (χ1) is 11.7. The van der Waals surface area contributed by atoms with Crippen molar-refractivity contribution in [2.75, 3.05) is 0 Å². The first-order valence-electron chi connectivity index (χ1n) is 8.19. The Balaban J connectivity index is 2.09. The zero-order chi connectivity index (χ0) is 18.6. The van der Waals surface area contributed by atoms with Crippen molar-refractivity contribution < 1.29 is 19.1 Å². The maximum atomic E-state index is 12.4. The predicted molar refractivity (Wildman–Crippen MR) is 92.9 cm³/mol. The van der Waals surface area contributed by atoms with Crippen LogP contribution in [-0.4, -0.2) is 27.8 Å². The van der Waals surface area contributed by atoms with E-state index in [4.69, 9.17) is 9.47 Å². The molecule has 0 saturated heterocycles. The molecule has 0 aliphatic rings. The minimum Gasteiger partial charge on any atom is -0.425 e. The van der Waals surface area contributed by atoms with Gasteiger partial charge >= 0.3 is 11.9 Å². The quantitative estimate of drug-likeness (QED) is 0.612. The number of esters is 2. The summed E-state index contributed by atoms with van der Waals surface area (Å²) in [4.78, 5) is 28.4. The number of hydrogen-bond acceptors (Lipinski definition) is 5. The van der Waals surface area contributed by atoms with Gasteiger partial charge in [0, 0.05) is 6.92 Å². The van der Waals surface area contributed by atoms with Gasteiger partial charge in [-0.3, -0.25) is 4.79 Å². The molecular formula is C19H24N2O4. The van der Waals surface area contributed by atoms with Gasteiger partial charge < -0.3 is 14.0 Å². The van der Waals surface area contributed by atoms with Crippen molar-refractivity contribution in [3.8, 4) is 0 Å². The number of nitrogens with zero attached hydrogens (tertiary/aromatic N) is 2. The molecule has 1 aromatic carbocycles. The van der Waals surface area contributed by atoms with Gasteiger partial charge in [-0.2, -0.15) is 0 Å². The van der Waals surface area contributed by atoms with Crippen LogP contribution in [0.5, 0.6) is 0 Å². The number of rotatable bonds is 5. The second-order valence-corrected chi connectivity index (χ2v) is 6.90. The fourth-order valence-electron chi connectivity index (χ4n) is 2.23. The summed E-state index contributed by atoms with van der Waals surface area (Å²) < 4.78 is 12.1. The molecule has 0 bridgehead atoms. The van der Waals surface area contributed by atoms with Crippen LogP contribution in [0.25, 0.3) is 0 Å². The molecule has 0 spiro atoms.